The van der Waals surface area contributed by atoms with Crippen LogP contribution in [0.5, 0.6) is 5.75 Å². The number of anilines is 1. The summed E-state index contributed by atoms with van der Waals surface area (Å²) in [7, 11) is -0.982. The summed E-state index contributed by atoms with van der Waals surface area (Å²) < 4.78 is 12.2. The van der Waals surface area contributed by atoms with Crippen molar-refractivity contribution in [2.24, 2.45) is 0 Å². The summed E-state index contributed by atoms with van der Waals surface area (Å²) in [6, 6.07) is 28.6. The highest BCUT2D eigenvalue weighted by Crippen LogP contribution is 2.36. The smallest absolute Gasteiger partial charge is 0.261 e. The van der Waals surface area contributed by atoms with Gasteiger partial charge < -0.3 is 19.6 Å². The molecule has 0 bridgehead atoms. The number of ether oxygens (including phenoxy) is 1. The number of hydrogen-bond acceptors (Lipinski definition) is 4. The first-order chi connectivity index (χ1) is 14.9. The summed E-state index contributed by atoms with van der Waals surface area (Å²) in [6.07, 6.45) is 0. The first-order valence-electron chi connectivity index (χ1n) is 10.7. The monoisotopic (exact) mass is 435 g/mol. The fourth-order valence-electron chi connectivity index (χ4n) is 4.05. The Morgan fingerprint density at radius 1 is 0.839 bits per heavy atom. The van der Waals surface area contributed by atoms with Crippen LogP contribution < -0.4 is 20.4 Å². The van der Waals surface area contributed by atoms with Crippen molar-refractivity contribution in [2.45, 2.75) is 31.9 Å². The lowest BCUT2D eigenvalue weighted by Gasteiger charge is -2.43. The van der Waals surface area contributed by atoms with Gasteiger partial charge in [-0.05, 0) is 39.7 Å². The molecule has 0 unspecified atom stereocenters. The van der Waals surface area contributed by atoms with Gasteiger partial charge in [0.2, 0.25) is 0 Å². The predicted molar refractivity (Wildman–Crippen MR) is 131 cm³/mol. The average molecular weight is 436 g/mol. The molecule has 0 spiro atoms. The number of benzene rings is 3. The molecule has 3 aromatic carbocycles. The second-order valence-corrected chi connectivity index (χ2v) is 13.0. The first kappa shape index (κ1) is 23.1. The highest BCUT2D eigenvalue weighted by atomic mass is 28.4. The molecule has 31 heavy (non-hydrogen) atoms. The molecule has 3 rings (SSSR count). The van der Waals surface area contributed by atoms with E-state index in [1.54, 1.807) is 7.11 Å². The average Bonchev–Trinajstić information content (AvgIpc) is 2.79. The SMILES string of the molecule is COc1ccc(N[C@H](CO)CO[Si](c2ccccc2)(c2ccccc2)C(C)(C)C)cc1. The number of hydrogen-bond donors (Lipinski definition) is 2. The normalized spacial score (nSPS) is 12.9. The van der Waals surface area contributed by atoms with Crippen LogP contribution in [0.4, 0.5) is 5.69 Å². The molecule has 0 heterocycles. The maximum absolute atomic E-state index is 10.1. The van der Waals surface area contributed by atoms with Crippen molar-refractivity contribution in [1.29, 1.82) is 0 Å². The molecule has 0 aromatic heterocycles. The zero-order valence-electron chi connectivity index (χ0n) is 18.8. The van der Waals surface area contributed by atoms with E-state index in [0.29, 0.717) is 6.61 Å². The number of methoxy groups -OCH3 is 1. The van der Waals surface area contributed by atoms with E-state index in [-0.39, 0.29) is 17.7 Å². The molecule has 0 aliphatic rings. The second-order valence-electron chi connectivity index (χ2n) is 8.73. The van der Waals surface area contributed by atoms with Crippen molar-refractivity contribution in [3.8, 4) is 5.75 Å². The van der Waals surface area contributed by atoms with Crippen molar-refractivity contribution >= 4 is 24.4 Å². The number of nitrogens with one attached hydrogen (secondary N) is 1. The zero-order valence-corrected chi connectivity index (χ0v) is 19.8. The van der Waals surface area contributed by atoms with Crippen LogP contribution in [0, 0.1) is 0 Å². The molecule has 3 aromatic rings. The van der Waals surface area contributed by atoms with E-state index in [1.807, 2.05) is 36.4 Å². The van der Waals surface area contributed by atoms with E-state index in [9.17, 15) is 5.11 Å². The molecule has 4 nitrogen and oxygen atoms in total. The Kier molecular flexibility index (Phi) is 7.54. The second kappa shape index (κ2) is 10.1. The molecule has 1 atom stereocenters. The van der Waals surface area contributed by atoms with Crippen LogP contribution in [0.3, 0.4) is 0 Å². The van der Waals surface area contributed by atoms with Gasteiger partial charge >= 0.3 is 0 Å². The van der Waals surface area contributed by atoms with Gasteiger partial charge in [-0.25, -0.2) is 0 Å². The Bertz CT molecular complexity index is 885. The van der Waals surface area contributed by atoms with Crippen LogP contribution >= 0.6 is 0 Å². The van der Waals surface area contributed by atoms with Gasteiger partial charge in [-0.1, -0.05) is 81.4 Å². The molecule has 0 radical (unpaired) electrons. The van der Waals surface area contributed by atoms with E-state index in [0.717, 1.165) is 11.4 Å². The molecule has 164 valence electrons. The molecule has 0 fully saturated rings. The summed E-state index contributed by atoms with van der Waals surface area (Å²) >= 11 is 0. The summed E-state index contributed by atoms with van der Waals surface area (Å²) in [5.74, 6) is 0.801. The van der Waals surface area contributed by atoms with Crippen LogP contribution in [0.25, 0.3) is 0 Å². The summed E-state index contributed by atoms with van der Waals surface area (Å²) in [4.78, 5) is 0. The van der Waals surface area contributed by atoms with Crippen LogP contribution in [-0.4, -0.2) is 39.8 Å². The van der Waals surface area contributed by atoms with Gasteiger partial charge in [0.1, 0.15) is 5.75 Å². The van der Waals surface area contributed by atoms with E-state index in [4.69, 9.17) is 9.16 Å². The number of aliphatic hydroxyl groups is 1. The third-order valence-corrected chi connectivity index (χ3v) is 10.6. The Morgan fingerprint density at radius 3 is 1.77 bits per heavy atom. The molecule has 5 heteroatoms. The molecular formula is C26H33NO3Si. The molecule has 0 saturated heterocycles. The van der Waals surface area contributed by atoms with Gasteiger partial charge in [-0.3, -0.25) is 0 Å². The minimum absolute atomic E-state index is 0.0236. The molecule has 0 aliphatic carbocycles. The van der Waals surface area contributed by atoms with E-state index >= 15 is 0 Å². The van der Waals surface area contributed by atoms with Crippen molar-refractivity contribution in [3.05, 3.63) is 84.9 Å². The van der Waals surface area contributed by atoms with Gasteiger partial charge in [-0.15, -0.1) is 0 Å². The lowest BCUT2D eigenvalue weighted by molar-refractivity contribution is 0.209. The van der Waals surface area contributed by atoms with Gasteiger partial charge in [0.15, 0.2) is 0 Å². The van der Waals surface area contributed by atoms with Gasteiger partial charge in [0.05, 0.1) is 26.4 Å². The minimum atomic E-state index is -2.63. The Morgan fingerprint density at radius 2 is 1.35 bits per heavy atom. The van der Waals surface area contributed by atoms with Crippen molar-refractivity contribution < 1.29 is 14.3 Å². The van der Waals surface area contributed by atoms with Crippen LogP contribution in [0.1, 0.15) is 20.8 Å². The molecule has 2 N–H and O–H groups in total. The quantitative estimate of drug-likeness (QED) is 0.498. The summed E-state index contributed by atoms with van der Waals surface area (Å²) in [6.45, 7) is 7.14. The third kappa shape index (κ3) is 5.18. The standard InChI is InChI=1S/C26H33NO3Si/c1-26(2,3)31(24-11-7-5-8-12-24,25-13-9-6-10-14-25)30-20-22(19-28)27-21-15-17-23(29-4)18-16-21/h5-18,22,27-28H,19-20H2,1-4H3/t22-/m1/s1. The first-order valence-corrected chi connectivity index (χ1v) is 12.6. The van der Waals surface area contributed by atoms with Gasteiger partial charge in [-0.2, -0.15) is 0 Å². The third-order valence-electron chi connectivity index (χ3n) is 5.60. The number of aliphatic hydroxyl groups excluding tert-OH is 1. The summed E-state index contributed by atoms with van der Waals surface area (Å²) in [5, 5.41) is 15.8. The molecule has 0 saturated carbocycles. The Hall–Kier alpha value is -2.60. The van der Waals surface area contributed by atoms with Gasteiger partial charge in [0, 0.05) is 5.69 Å². The molecule has 0 amide bonds. The topological polar surface area (TPSA) is 50.7 Å². The van der Waals surface area contributed by atoms with E-state index in [2.05, 4.69) is 74.6 Å². The Labute approximate surface area is 187 Å². The summed E-state index contributed by atoms with van der Waals surface area (Å²) in [5.41, 5.74) is 0.922. The van der Waals surface area contributed by atoms with Crippen molar-refractivity contribution in [1.82, 2.24) is 0 Å². The lowest BCUT2D eigenvalue weighted by atomic mass is 10.2. The molecular weight excluding hydrogens is 402 g/mol. The van der Waals surface area contributed by atoms with Crippen LogP contribution in [0.2, 0.25) is 5.04 Å². The Balaban J connectivity index is 1.92. The van der Waals surface area contributed by atoms with Crippen LogP contribution in [-0.2, 0) is 4.43 Å². The lowest BCUT2D eigenvalue weighted by Crippen LogP contribution is -2.67. The highest BCUT2D eigenvalue weighted by molar-refractivity contribution is 6.99. The van der Waals surface area contributed by atoms with E-state index < -0.39 is 8.32 Å². The fourth-order valence-corrected chi connectivity index (χ4v) is 8.66. The number of rotatable bonds is 9. The predicted octanol–water partition coefficient (Wildman–Crippen LogP) is 4.04. The molecule has 0 aliphatic heterocycles. The maximum Gasteiger partial charge on any atom is 0.261 e. The fraction of sp³-hybridized carbons (Fsp3) is 0.308. The highest BCUT2D eigenvalue weighted by Gasteiger charge is 2.50. The minimum Gasteiger partial charge on any atom is -0.497 e. The van der Waals surface area contributed by atoms with E-state index in [1.165, 1.54) is 10.4 Å². The van der Waals surface area contributed by atoms with Crippen molar-refractivity contribution in [3.63, 3.8) is 0 Å². The zero-order chi connectivity index (χ0) is 22.3. The maximum atomic E-state index is 10.1. The van der Waals surface area contributed by atoms with Crippen molar-refractivity contribution in [2.75, 3.05) is 25.6 Å². The van der Waals surface area contributed by atoms with Gasteiger partial charge in [0.25, 0.3) is 8.32 Å². The largest absolute Gasteiger partial charge is 0.497 e. The van der Waals surface area contributed by atoms with Crippen LogP contribution in [0.15, 0.2) is 84.9 Å².